The number of hydrogen-bond acceptors (Lipinski definition) is 4. The Balaban J connectivity index is 0.00000225. The van der Waals surface area contributed by atoms with Crippen LogP contribution in [0.1, 0.15) is 44.9 Å². The van der Waals surface area contributed by atoms with Crippen molar-refractivity contribution in [2.24, 2.45) is 5.92 Å². The van der Waals surface area contributed by atoms with Crippen LogP contribution in [0.25, 0.3) is 0 Å². The molecule has 1 saturated carbocycles. The van der Waals surface area contributed by atoms with Crippen LogP contribution < -0.4 is 14.8 Å². The lowest BCUT2D eigenvalue weighted by Crippen LogP contribution is -2.42. The van der Waals surface area contributed by atoms with Crippen molar-refractivity contribution in [3.8, 4) is 5.75 Å². The van der Waals surface area contributed by atoms with Crippen LogP contribution in [0.4, 0.5) is 0 Å². The number of halogens is 1. The highest BCUT2D eigenvalue weighted by molar-refractivity contribution is 7.89. The molecule has 7 heteroatoms. The van der Waals surface area contributed by atoms with Gasteiger partial charge in [0.1, 0.15) is 5.75 Å². The van der Waals surface area contributed by atoms with Crippen LogP contribution in [0.5, 0.6) is 5.75 Å². The third kappa shape index (κ3) is 6.13. The smallest absolute Gasteiger partial charge is 0.240 e. The molecule has 2 N–H and O–H groups in total. The Labute approximate surface area is 157 Å². The highest BCUT2D eigenvalue weighted by atomic mass is 35.5. The van der Waals surface area contributed by atoms with E-state index in [2.05, 4.69) is 10.0 Å². The standard InChI is InChI=1S/C18H28N2O3S.ClH/c21-24(22,20-16-10-12-19-13-11-16)18-8-6-17(7-9-18)23-14-15-4-2-1-3-5-15;/h6-9,15-16,19-20H,1-5,10-14H2;1H. The van der Waals surface area contributed by atoms with Gasteiger partial charge in [-0.2, -0.15) is 0 Å². The third-order valence-corrected chi connectivity index (χ3v) is 6.54. The first-order chi connectivity index (χ1) is 11.6. The maximum Gasteiger partial charge on any atom is 0.240 e. The Kier molecular flexibility index (Phi) is 8.00. The molecule has 25 heavy (non-hydrogen) atoms. The van der Waals surface area contributed by atoms with Crippen molar-refractivity contribution in [2.75, 3.05) is 19.7 Å². The molecule has 0 bridgehead atoms. The molecule has 0 aromatic heterocycles. The summed E-state index contributed by atoms with van der Waals surface area (Å²) in [6, 6.07) is 6.83. The minimum Gasteiger partial charge on any atom is -0.493 e. The highest BCUT2D eigenvalue weighted by Crippen LogP contribution is 2.25. The molecular formula is C18H29ClN2O3S. The zero-order valence-corrected chi connectivity index (χ0v) is 16.2. The van der Waals surface area contributed by atoms with Crippen molar-refractivity contribution in [1.82, 2.24) is 10.0 Å². The number of sulfonamides is 1. The van der Waals surface area contributed by atoms with Gasteiger partial charge in [-0.25, -0.2) is 13.1 Å². The second-order valence-electron chi connectivity index (χ2n) is 6.93. The first-order valence-electron chi connectivity index (χ1n) is 9.09. The highest BCUT2D eigenvalue weighted by Gasteiger charge is 2.21. The predicted octanol–water partition coefficient (Wildman–Crippen LogP) is 3.10. The molecule has 0 spiro atoms. The Hall–Kier alpha value is -0.820. The van der Waals surface area contributed by atoms with Crippen LogP contribution in [0, 0.1) is 5.92 Å². The molecule has 1 aliphatic carbocycles. The van der Waals surface area contributed by atoms with Gasteiger partial charge in [0.15, 0.2) is 0 Å². The molecule has 0 radical (unpaired) electrons. The van der Waals surface area contributed by atoms with Crippen LogP contribution >= 0.6 is 12.4 Å². The van der Waals surface area contributed by atoms with Gasteiger partial charge in [0.05, 0.1) is 11.5 Å². The molecular weight excluding hydrogens is 360 g/mol. The summed E-state index contributed by atoms with van der Waals surface area (Å²) in [7, 11) is -3.45. The summed E-state index contributed by atoms with van der Waals surface area (Å²) >= 11 is 0. The molecule has 142 valence electrons. The average molecular weight is 389 g/mol. The Bertz CT molecular complexity index is 610. The van der Waals surface area contributed by atoms with Gasteiger partial charge in [-0.05, 0) is 69.0 Å². The Morgan fingerprint density at radius 2 is 1.64 bits per heavy atom. The maximum absolute atomic E-state index is 12.4. The number of piperidine rings is 1. The summed E-state index contributed by atoms with van der Waals surface area (Å²) in [5.74, 6) is 1.39. The number of rotatable bonds is 6. The molecule has 0 amide bonds. The monoisotopic (exact) mass is 388 g/mol. The molecule has 3 rings (SSSR count). The Morgan fingerprint density at radius 1 is 1.00 bits per heavy atom. The zero-order chi connectivity index (χ0) is 16.8. The van der Waals surface area contributed by atoms with E-state index < -0.39 is 10.0 Å². The van der Waals surface area contributed by atoms with E-state index in [0.717, 1.165) is 38.3 Å². The molecule has 1 aromatic carbocycles. The van der Waals surface area contributed by atoms with Crippen molar-refractivity contribution in [1.29, 1.82) is 0 Å². The van der Waals surface area contributed by atoms with Crippen molar-refractivity contribution < 1.29 is 13.2 Å². The van der Waals surface area contributed by atoms with E-state index >= 15 is 0 Å². The van der Waals surface area contributed by atoms with Crippen LogP contribution in [-0.2, 0) is 10.0 Å². The van der Waals surface area contributed by atoms with Gasteiger partial charge < -0.3 is 10.1 Å². The minimum atomic E-state index is -3.45. The van der Waals surface area contributed by atoms with Crippen molar-refractivity contribution in [3.63, 3.8) is 0 Å². The van der Waals surface area contributed by atoms with Gasteiger partial charge in [-0.3, -0.25) is 0 Å². The second-order valence-corrected chi connectivity index (χ2v) is 8.65. The molecule has 1 aromatic rings. The SMILES string of the molecule is Cl.O=S(=O)(NC1CCNCC1)c1ccc(OCC2CCCCC2)cc1. The fourth-order valence-corrected chi connectivity index (χ4v) is 4.82. The normalized spacial score (nSPS) is 20.0. The Morgan fingerprint density at radius 3 is 2.28 bits per heavy atom. The lowest BCUT2D eigenvalue weighted by Gasteiger charge is -2.23. The topological polar surface area (TPSA) is 67.4 Å². The molecule has 5 nitrogen and oxygen atoms in total. The van der Waals surface area contributed by atoms with E-state index in [1.54, 1.807) is 24.3 Å². The van der Waals surface area contributed by atoms with E-state index in [9.17, 15) is 8.42 Å². The zero-order valence-electron chi connectivity index (χ0n) is 14.6. The van der Waals surface area contributed by atoms with E-state index in [1.165, 1.54) is 32.1 Å². The molecule has 2 fully saturated rings. The van der Waals surface area contributed by atoms with Gasteiger partial charge >= 0.3 is 0 Å². The van der Waals surface area contributed by atoms with Gasteiger partial charge in [0, 0.05) is 6.04 Å². The minimum absolute atomic E-state index is 0. The van der Waals surface area contributed by atoms with Crippen LogP contribution in [0.3, 0.4) is 0 Å². The van der Waals surface area contributed by atoms with Gasteiger partial charge in [-0.1, -0.05) is 19.3 Å². The number of nitrogens with one attached hydrogen (secondary N) is 2. The lowest BCUT2D eigenvalue weighted by atomic mass is 9.90. The first kappa shape index (κ1) is 20.5. The predicted molar refractivity (Wildman–Crippen MR) is 102 cm³/mol. The molecule has 2 aliphatic rings. The number of hydrogen-bond donors (Lipinski definition) is 2. The summed E-state index contributed by atoms with van der Waals surface area (Å²) < 4.78 is 33.5. The quantitative estimate of drug-likeness (QED) is 0.785. The summed E-state index contributed by atoms with van der Waals surface area (Å²) in [6.45, 7) is 2.46. The molecule has 1 saturated heterocycles. The van der Waals surface area contributed by atoms with E-state index in [4.69, 9.17) is 4.74 Å². The lowest BCUT2D eigenvalue weighted by molar-refractivity contribution is 0.209. The summed E-state index contributed by atoms with van der Waals surface area (Å²) in [4.78, 5) is 0.311. The largest absolute Gasteiger partial charge is 0.493 e. The number of ether oxygens (including phenoxy) is 1. The summed E-state index contributed by atoms with van der Waals surface area (Å²) in [6.07, 6.45) is 8.09. The van der Waals surface area contributed by atoms with Crippen LogP contribution in [0.2, 0.25) is 0 Å². The molecule has 0 atom stereocenters. The van der Waals surface area contributed by atoms with Crippen molar-refractivity contribution in [3.05, 3.63) is 24.3 Å². The van der Waals surface area contributed by atoms with Crippen molar-refractivity contribution >= 4 is 22.4 Å². The maximum atomic E-state index is 12.4. The van der Waals surface area contributed by atoms with Crippen molar-refractivity contribution in [2.45, 2.75) is 55.9 Å². The number of benzene rings is 1. The fourth-order valence-electron chi connectivity index (χ4n) is 3.51. The fraction of sp³-hybridized carbons (Fsp3) is 0.667. The summed E-state index contributed by atoms with van der Waals surface area (Å²) in [5.41, 5.74) is 0. The van der Waals surface area contributed by atoms with E-state index in [1.807, 2.05) is 0 Å². The molecule has 1 aliphatic heterocycles. The molecule has 1 heterocycles. The van der Waals surface area contributed by atoms with Gasteiger partial charge in [-0.15, -0.1) is 12.4 Å². The van der Waals surface area contributed by atoms with E-state index in [0.29, 0.717) is 10.8 Å². The van der Waals surface area contributed by atoms with Crippen LogP contribution in [0.15, 0.2) is 29.2 Å². The summed E-state index contributed by atoms with van der Waals surface area (Å²) in [5, 5.41) is 3.24. The van der Waals surface area contributed by atoms with Gasteiger partial charge in [0.2, 0.25) is 10.0 Å². The molecule has 0 unspecified atom stereocenters. The second kappa shape index (κ2) is 9.76. The first-order valence-corrected chi connectivity index (χ1v) is 10.6. The van der Waals surface area contributed by atoms with E-state index in [-0.39, 0.29) is 18.4 Å². The average Bonchev–Trinajstić information content (AvgIpc) is 2.62. The van der Waals surface area contributed by atoms with Crippen LogP contribution in [-0.4, -0.2) is 34.2 Å². The third-order valence-electron chi connectivity index (χ3n) is 5.01. The van der Waals surface area contributed by atoms with Gasteiger partial charge in [0.25, 0.3) is 0 Å².